The van der Waals surface area contributed by atoms with E-state index in [0.29, 0.717) is 17.9 Å². The smallest absolute Gasteiger partial charge is 0.364 e. The minimum atomic E-state index is -4.37. The second-order valence-corrected chi connectivity index (χ2v) is 7.38. The molecule has 0 fully saturated rings. The molecule has 148 valence electrons. The summed E-state index contributed by atoms with van der Waals surface area (Å²) in [5.41, 5.74) is 1.78. The summed E-state index contributed by atoms with van der Waals surface area (Å²) in [5.74, 6) is 0.661. The Bertz CT molecular complexity index is 1010. The molecular formula is C21H17F3N4S. The van der Waals surface area contributed by atoms with E-state index in [1.54, 1.807) is 24.7 Å². The van der Waals surface area contributed by atoms with Crippen molar-refractivity contribution in [2.75, 3.05) is 10.2 Å². The van der Waals surface area contributed by atoms with E-state index < -0.39 is 11.7 Å². The first-order valence-corrected chi connectivity index (χ1v) is 9.82. The zero-order valence-electron chi connectivity index (χ0n) is 15.2. The van der Waals surface area contributed by atoms with Crippen molar-refractivity contribution < 1.29 is 13.2 Å². The lowest BCUT2D eigenvalue weighted by molar-refractivity contribution is -0.137. The summed E-state index contributed by atoms with van der Waals surface area (Å²) >= 11 is 1.46. The molecule has 8 heteroatoms. The summed E-state index contributed by atoms with van der Waals surface area (Å²) in [7, 11) is 0. The number of alkyl halides is 3. The average Bonchev–Trinajstić information content (AvgIpc) is 3.22. The standard InChI is InChI=1S/C21H17F3N4S/c22-21(23,24)17-4-1-3-16(13-17)20-28(11-12-29-20)18-5-2-8-26-19(18)27-14-15-6-9-25-10-7-15/h1-13,20H,14H2,(H,26,27). The molecule has 3 aromatic rings. The first kappa shape index (κ1) is 19.3. The summed E-state index contributed by atoms with van der Waals surface area (Å²) in [4.78, 5) is 10.4. The van der Waals surface area contributed by atoms with Crippen LogP contribution in [0.25, 0.3) is 0 Å². The van der Waals surface area contributed by atoms with E-state index in [0.717, 1.165) is 17.3 Å². The molecule has 1 unspecified atom stereocenters. The normalized spacial score (nSPS) is 16.2. The molecule has 0 radical (unpaired) electrons. The van der Waals surface area contributed by atoms with E-state index >= 15 is 0 Å². The number of pyridine rings is 2. The molecule has 3 heterocycles. The maximum Gasteiger partial charge on any atom is 0.416 e. The van der Waals surface area contributed by atoms with E-state index in [-0.39, 0.29) is 5.37 Å². The number of aromatic nitrogens is 2. The van der Waals surface area contributed by atoms with Gasteiger partial charge in [-0.25, -0.2) is 4.98 Å². The molecule has 0 bridgehead atoms. The molecule has 4 nitrogen and oxygen atoms in total. The van der Waals surface area contributed by atoms with Crippen LogP contribution in [0, 0.1) is 0 Å². The van der Waals surface area contributed by atoms with Gasteiger partial charge in [-0.2, -0.15) is 13.2 Å². The fourth-order valence-corrected chi connectivity index (χ4v) is 4.03. The number of hydrogen-bond donors (Lipinski definition) is 1. The van der Waals surface area contributed by atoms with E-state index in [2.05, 4.69) is 15.3 Å². The molecule has 2 aromatic heterocycles. The van der Waals surface area contributed by atoms with Gasteiger partial charge in [0.2, 0.25) is 0 Å². The molecule has 0 aliphatic carbocycles. The van der Waals surface area contributed by atoms with E-state index in [1.165, 1.54) is 23.9 Å². The number of nitrogens with one attached hydrogen (secondary N) is 1. The number of rotatable bonds is 5. The highest BCUT2D eigenvalue weighted by molar-refractivity contribution is 8.02. The van der Waals surface area contributed by atoms with Gasteiger partial charge in [0, 0.05) is 31.3 Å². The summed E-state index contributed by atoms with van der Waals surface area (Å²) in [6.07, 6.45) is 2.62. The summed E-state index contributed by atoms with van der Waals surface area (Å²) in [6.45, 7) is 0.561. The van der Waals surface area contributed by atoms with Crippen LogP contribution in [-0.2, 0) is 12.7 Å². The summed E-state index contributed by atoms with van der Waals surface area (Å²) in [6, 6.07) is 13.0. The minimum Gasteiger partial charge on any atom is -0.364 e. The molecule has 29 heavy (non-hydrogen) atoms. The van der Waals surface area contributed by atoms with Crippen molar-refractivity contribution >= 4 is 23.3 Å². The molecular weight excluding hydrogens is 397 g/mol. The Morgan fingerprint density at radius 1 is 1.03 bits per heavy atom. The lowest BCUT2D eigenvalue weighted by Crippen LogP contribution is -2.19. The van der Waals surface area contributed by atoms with Gasteiger partial charge in [-0.3, -0.25) is 4.98 Å². The Hall–Kier alpha value is -3.00. The molecule has 0 saturated carbocycles. The molecule has 0 saturated heterocycles. The van der Waals surface area contributed by atoms with Gasteiger partial charge < -0.3 is 10.2 Å². The topological polar surface area (TPSA) is 41.1 Å². The van der Waals surface area contributed by atoms with Gasteiger partial charge in [-0.05, 0) is 52.9 Å². The van der Waals surface area contributed by atoms with Gasteiger partial charge in [0.25, 0.3) is 0 Å². The van der Waals surface area contributed by atoms with Crippen LogP contribution in [0.1, 0.15) is 22.1 Å². The zero-order chi connectivity index (χ0) is 20.3. The van der Waals surface area contributed by atoms with E-state index in [9.17, 15) is 13.2 Å². The molecule has 0 spiro atoms. The SMILES string of the molecule is FC(F)(F)c1cccc(C2SC=CN2c2cccnc2NCc2ccncc2)c1. The molecule has 1 aromatic carbocycles. The lowest BCUT2D eigenvalue weighted by atomic mass is 10.1. The van der Waals surface area contributed by atoms with Gasteiger partial charge in [-0.1, -0.05) is 12.1 Å². The van der Waals surface area contributed by atoms with Crippen LogP contribution in [0.15, 0.2) is 78.7 Å². The van der Waals surface area contributed by atoms with Gasteiger partial charge in [0.15, 0.2) is 0 Å². The average molecular weight is 414 g/mol. The lowest BCUT2D eigenvalue weighted by Gasteiger charge is -2.27. The van der Waals surface area contributed by atoms with Gasteiger partial charge in [0.05, 0.1) is 11.3 Å². The molecule has 0 amide bonds. The second-order valence-electron chi connectivity index (χ2n) is 6.38. The molecule has 1 N–H and O–H groups in total. The van der Waals surface area contributed by atoms with Crippen LogP contribution in [0.5, 0.6) is 0 Å². The van der Waals surface area contributed by atoms with Gasteiger partial charge >= 0.3 is 6.18 Å². The number of anilines is 2. The Labute approximate surface area is 170 Å². The van der Waals surface area contributed by atoms with Gasteiger partial charge in [0.1, 0.15) is 11.2 Å². The van der Waals surface area contributed by atoms with Crippen molar-refractivity contribution in [1.82, 2.24) is 9.97 Å². The quantitative estimate of drug-likeness (QED) is 0.569. The predicted octanol–water partition coefficient (Wildman–Crippen LogP) is 5.83. The Kier molecular flexibility index (Phi) is 5.44. The number of hydrogen-bond acceptors (Lipinski definition) is 5. The monoisotopic (exact) mass is 414 g/mol. The minimum absolute atomic E-state index is 0.303. The Balaban J connectivity index is 1.60. The number of nitrogens with zero attached hydrogens (tertiary/aromatic N) is 3. The van der Waals surface area contributed by atoms with Crippen molar-refractivity contribution in [3.8, 4) is 0 Å². The third-order valence-electron chi connectivity index (χ3n) is 4.45. The number of halogens is 3. The van der Waals surface area contributed by atoms with Crippen LogP contribution >= 0.6 is 11.8 Å². The van der Waals surface area contributed by atoms with Gasteiger partial charge in [-0.15, -0.1) is 11.8 Å². The Morgan fingerprint density at radius 2 is 1.86 bits per heavy atom. The zero-order valence-corrected chi connectivity index (χ0v) is 16.0. The molecule has 1 aliphatic heterocycles. The van der Waals surface area contributed by atoms with Crippen molar-refractivity contribution in [3.63, 3.8) is 0 Å². The predicted molar refractivity (Wildman–Crippen MR) is 109 cm³/mol. The van der Waals surface area contributed by atoms with Crippen molar-refractivity contribution in [3.05, 3.63) is 95.4 Å². The summed E-state index contributed by atoms with van der Waals surface area (Å²) < 4.78 is 39.4. The number of thioether (sulfide) groups is 1. The first-order valence-electron chi connectivity index (χ1n) is 8.88. The third-order valence-corrected chi connectivity index (χ3v) is 5.49. The highest BCUT2D eigenvalue weighted by Gasteiger charge is 2.32. The van der Waals surface area contributed by atoms with Crippen LogP contribution < -0.4 is 10.2 Å². The fourth-order valence-electron chi connectivity index (χ4n) is 3.06. The maximum absolute atomic E-state index is 13.1. The largest absolute Gasteiger partial charge is 0.416 e. The third kappa shape index (κ3) is 4.37. The van der Waals surface area contributed by atoms with Crippen LogP contribution in [0.3, 0.4) is 0 Å². The van der Waals surface area contributed by atoms with E-state index in [4.69, 9.17) is 0 Å². The molecule has 1 aliphatic rings. The highest BCUT2D eigenvalue weighted by Crippen LogP contribution is 2.44. The molecule has 4 rings (SSSR count). The van der Waals surface area contributed by atoms with Crippen LogP contribution in [0.4, 0.5) is 24.7 Å². The van der Waals surface area contributed by atoms with Crippen molar-refractivity contribution in [1.29, 1.82) is 0 Å². The Morgan fingerprint density at radius 3 is 2.66 bits per heavy atom. The maximum atomic E-state index is 13.1. The highest BCUT2D eigenvalue weighted by atomic mass is 32.2. The second kappa shape index (κ2) is 8.16. The fraction of sp³-hybridized carbons (Fsp3) is 0.143. The first-order chi connectivity index (χ1) is 14.0. The van der Waals surface area contributed by atoms with Crippen molar-refractivity contribution in [2.45, 2.75) is 18.1 Å². The van der Waals surface area contributed by atoms with Crippen molar-refractivity contribution in [2.24, 2.45) is 0 Å². The molecule has 1 atom stereocenters. The number of benzene rings is 1. The summed E-state index contributed by atoms with van der Waals surface area (Å²) in [5, 5.41) is 4.89. The van der Waals surface area contributed by atoms with Crippen LogP contribution in [-0.4, -0.2) is 9.97 Å². The van der Waals surface area contributed by atoms with E-state index in [1.807, 2.05) is 40.8 Å². The van der Waals surface area contributed by atoms with Crippen LogP contribution in [0.2, 0.25) is 0 Å².